The second kappa shape index (κ2) is 7.31. The highest BCUT2D eigenvalue weighted by molar-refractivity contribution is 9.10. The molecule has 1 rings (SSSR count). The first-order valence-corrected chi connectivity index (χ1v) is 6.99. The van der Waals surface area contributed by atoms with E-state index in [1.807, 2.05) is 6.07 Å². The van der Waals surface area contributed by atoms with Crippen molar-refractivity contribution < 1.29 is 0 Å². The van der Waals surface area contributed by atoms with Crippen molar-refractivity contribution in [2.45, 2.75) is 32.9 Å². The number of hydrogen-bond donors (Lipinski definition) is 1. The van der Waals surface area contributed by atoms with Gasteiger partial charge in [0.25, 0.3) is 0 Å². The van der Waals surface area contributed by atoms with Gasteiger partial charge in [-0.2, -0.15) is 0 Å². The number of halogens is 2. The van der Waals surface area contributed by atoms with E-state index in [4.69, 9.17) is 11.6 Å². The lowest BCUT2D eigenvalue weighted by atomic mass is 10.0. The summed E-state index contributed by atoms with van der Waals surface area (Å²) < 4.78 is 1.15. The fourth-order valence-electron chi connectivity index (χ4n) is 1.67. The van der Waals surface area contributed by atoms with E-state index in [1.54, 1.807) is 0 Å². The smallest absolute Gasteiger partial charge is 0.0377 e. The Bertz CT molecular complexity index is 315. The van der Waals surface area contributed by atoms with Crippen molar-refractivity contribution in [3.8, 4) is 0 Å². The molecule has 0 aliphatic carbocycles. The minimum atomic E-state index is 0.397. The van der Waals surface area contributed by atoms with Gasteiger partial charge in [-0.3, -0.25) is 0 Å². The number of hydrogen-bond acceptors (Lipinski definition) is 1. The number of benzene rings is 1. The van der Waals surface area contributed by atoms with Gasteiger partial charge in [-0.25, -0.2) is 0 Å². The summed E-state index contributed by atoms with van der Waals surface area (Å²) >= 11 is 9.49. The molecule has 0 aromatic heterocycles. The van der Waals surface area contributed by atoms with Crippen LogP contribution >= 0.6 is 27.5 Å². The molecule has 3 heteroatoms. The Kier molecular flexibility index (Phi) is 6.40. The van der Waals surface area contributed by atoms with Crippen LogP contribution in [0.4, 0.5) is 0 Å². The largest absolute Gasteiger partial charge is 0.309 e. The van der Waals surface area contributed by atoms with Gasteiger partial charge in [0.2, 0.25) is 0 Å². The van der Waals surface area contributed by atoms with Gasteiger partial charge in [0.05, 0.1) is 0 Å². The van der Waals surface area contributed by atoms with Gasteiger partial charge in [0, 0.05) is 22.9 Å². The molecule has 1 aromatic carbocycles. The first kappa shape index (κ1) is 14.0. The van der Waals surface area contributed by atoms with Crippen LogP contribution in [0, 0.1) is 5.92 Å². The number of rotatable bonds is 6. The van der Waals surface area contributed by atoms with Crippen molar-refractivity contribution in [2.75, 3.05) is 5.88 Å². The van der Waals surface area contributed by atoms with Gasteiger partial charge in [0.1, 0.15) is 0 Å². The maximum Gasteiger partial charge on any atom is 0.0377 e. The molecule has 0 spiro atoms. The van der Waals surface area contributed by atoms with Crippen molar-refractivity contribution in [1.29, 1.82) is 0 Å². The molecule has 0 bridgehead atoms. The zero-order valence-electron chi connectivity index (χ0n) is 9.84. The highest BCUT2D eigenvalue weighted by atomic mass is 79.9. The van der Waals surface area contributed by atoms with Gasteiger partial charge in [-0.05, 0) is 24.0 Å². The third-order valence-electron chi connectivity index (χ3n) is 2.48. The molecule has 0 radical (unpaired) electrons. The Hall–Kier alpha value is -0.0500. The van der Waals surface area contributed by atoms with Crippen LogP contribution in [-0.4, -0.2) is 11.9 Å². The number of nitrogens with one attached hydrogen (secondary N) is 1. The van der Waals surface area contributed by atoms with Gasteiger partial charge in [-0.1, -0.05) is 48.0 Å². The minimum absolute atomic E-state index is 0.397. The van der Waals surface area contributed by atoms with Crippen LogP contribution in [0.1, 0.15) is 25.8 Å². The lowest BCUT2D eigenvalue weighted by molar-refractivity contribution is 0.444. The molecular weight excluding hydrogens is 286 g/mol. The van der Waals surface area contributed by atoms with E-state index in [9.17, 15) is 0 Å². The lowest BCUT2D eigenvalue weighted by Gasteiger charge is -2.18. The summed E-state index contributed by atoms with van der Waals surface area (Å²) in [4.78, 5) is 0. The van der Waals surface area contributed by atoms with Crippen molar-refractivity contribution in [2.24, 2.45) is 5.92 Å². The number of alkyl halides is 1. The first-order valence-electron chi connectivity index (χ1n) is 5.66. The maximum atomic E-state index is 5.94. The minimum Gasteiger partial charge on any atom is -0.309 e. The molecule has 1 nitrogen and oxygen atoms in total. The Balaban J connectivity index is 2.46. The highest BCUT2D eigenvalue weighted by Crippen LogP contribution is 2.16. The molecule has 0 saturated carbocycles. The molecular formula is C13H19BrClN. The van der Waals surface area contributed by atoms with E-state index in [1.165, 1.54) is 5.56 Å². The first-order chi connectivity index (χ1) is 7.63. The summed E-state index contributed by atoms with van der Waals surface area (Å²) in [5, 5.41) is 3.50. The molecule has 90 valence electrons. The molecule has 16 heavy (non-hydrogen) atoms. The topological polar surface area (TPSA) is 12.0 Å². The van der Waals surface area contributed by atoms with E-state index < -0.39 is 0 Å². The predicted octanol–water partition coefficient (Wildman–Crippen LogP) is 4.19. The molecule has 0 fully saturated rings. The van der Waals surface area contributed by atoms with Crippen molar-refractivity contribution >= 4 is 27.5 Å². The summed E-state index contributed by atoms with van der Waals surface area (Å²) in [6.07, 6.45) is 1.12. The summed E-state index contributed by atoms with van der Waals surface area (Å²) in [5.41, 5.74) is 1.28. The normalized spacial score (nSPS) is 13.1. The van der Waals surface area contributed by atoms with Gasteiger partial charge in [0.15, 0.2) is 0 Å². The van der Waals surface area contributed by atoms with Crippen LogP contribution in [0.15, 0.2) is 28.7 Å². The standard InChI is InChI=1S/C13H19BrClN/c1-10(2)7-12(8-15)16-9-11-5-3-4-6-13(11)14/h3-6,10,12,16H,7-9H2,1-2H3. The molecule has 0 amide bonds. The van der Waals surface area contributed by atoms with Crippen LogP contribution in [0.2, 0.25) is 0 Å². The fraction of sp³-hybridized carbons (Fsp3) is 0.538. The van der Waals surface area contributed by atoms with E-state index in [2.05, 4.69) is 53.3 Å². The highest BCUT2D eigenvalue weighted by Gasteiger charge is 2.09. The summed E-state index contributed by atoms with van der Waals surface area (Å²) in [5.74, 6) is 1.35. The van der Waals surface area contributed by atoms with Crippen molar-refractivity contribution in [3.63, 3.8) is 0 Å². The Morgan fingerprint density at radius 2 is 2.00 bits per heavy atom. The zero-order chi connectivity index (χ0) is 12.0. The molecule has 1 N–H and O–H groups in total. The molecule has 0 aliphatic heterocycles. The van der Waals surface area contributed by atoms with Crippen LogP contribution in [-0.2, 0) is 6.54 Å². The maximum absolute atomic E-state index is 5.94. The summed E-state index contributed by atoms with van der Waals surface area (Å²) in [6.45, 7) is 5.31. The average Bonchev–Trinajstić information content (AvgIpc) is 2.25. The quantitative estimate of drug-likeness (QED) is 0.777. The second-order valence-corrected chi connectivity index (χ2v) is 5.62. The molecule has 0 saturated heterocycles. The zero-order valence-corrected chi connectivity index (χ0v) is 12.2. The van der Waals surface area contributed by atoms with E-state index >= 15 is 0 Å². The molecule has 0 aliphatic rings. The Labute approximate surface area is 112 Å². The predicted molar refractivity (Wildman–Crippen MR) is 74.9 cm³/mol. The SMILES string of the molecule is CC(C)CC(CCl)NCc1ccccc1Br. The van der Waals surface area contributed by atoms with Crippen molar-refractivity contribution in [3.05, 3.63) is 34.3 Å². The molecule has 0 heterocycles. The van der Waals surface area contributed by atoms with E-state index in [0.717, 1.165) is 17.4 Å². The summed E-state index contributed by atoms with van der Waals surface area (Å²) in [6, 6.07) is 8.67. The van der Waals surface area contributed by atoms with Crippen LogP contribution in [0.3, 0.4) is 0 Å². The monoisotopic (exact) mass is 303 g/mol. The van der Waals surface area contributed by atoms with Gasteiger partial charge in [-0.15, -0.1) is 11.6 Å². The Morgan fingerprint density at radius 3 is 2.56 bits per heavy atom. The average molecular weight is 305 g/mol. The molecule has 1 unspecified atom stereocenters. The lowest BCUT2D eigenvalue weighted by Crippen LogP contribution is -2.31. The fourth-order valence-corrected chi connectivity index (χ4v) is 2.33. The van der Waals surface area contributed by atoms with E-state index in [0.29, 0.717) is 17.8 Å². The van der Waals surface area contributed by atoms with Crippen LogP contribution in [0.25, 0.3) is 0 Å². The third kappa shape index (κ3) is 4.86. The van der Waals surface area contributed by atoms with Gasteiger partial charge >= 0.3 is 0 Å². The molecule has 1 atom stereocenters. The third-order valence-corrected chi connectivity index (χ3v) is 3.63. The Morgan fingerprint density at radius 1 is 1.31 bits per heavy atom. The van der Waals surface area contributed by atoms with Gasteiger partial charge < -0.3 is 5.32 Å². The van der Waals surface area contributed by atoms with Crippen molar-refractivity contribution in [1.82, 2.24) is 5.32 Å². The van der Waals surface area contributed by atoms with Crippen LogP contribution in [0.5, 0.6) is 0 Å². The van der Waals surface area contributed by atoms with Crippen LogP contribution < -0.4 is 5.32 Å². The van der Waals surface area contributed by atoms with E-state index in [-0.39, 0.29) is 0 Å². The molecule has 1 aromatic rings. The second-order valence-electron chi connectivity index (χ2n) is 4.45. The summed E-state index contributed by atoms with van der Waals surface area (Å²) in [7, 11) is 0.